The molecule has 1 heterocycles. The first-order chi connectivity index (χ1) is 7.89. The number of nitrogens with one attached hydrogen (secondary N) is 1. The van der Waals surface area contributed by atoms with E-state index < -0.39 is 21.9 Å². The smallest absolute Gasteiger partial charge is 0.309 e. The van der Waals surface area contributed by atoms with Crippen LogP contribution in [0.2, 0.25) is 0 Å². The van der Waals surface area contributed by atoms with Crippen LogP contribution in [0.5, 0.6) is 0 Å². The maximum absolute atomic E-state index is 12.0. The van der Waals surface area contributed by atoms with Crippen molar-refractivity contribution in [3.63, 3.8) is 0 Å². The lowest BCUT2D eigenvalue weighted by Crippen LogP contribution is -2.34. The molecular weight excluding hydrogens is 244 g/mol. The van der Waals surface area contributed by atoms with Gasteiger partial charge in [0.05, 0.1) is 17.9 Å². The fourth-order valence-corrected chi connectivity index (χ4v) is 2.65. The van der Waals surface area contributed by atoms with E-state index in [1.807, 2.05) is 0 Å². The Balaban J connectivity index is 2.77. The lowest BCUT2D eigenvalue weighted by atomic mass is 10.2. The number of nitrogens with zero attached hydrogens (tertiary/aromatic N) is 1. The normalized spacial score (nSPS) is 13.6. The Labute approximate surface area is 101 Å². The predicted molar refractivity (Wildman–Crippen MR) is 61.8 cm³/mol. The van der Waals surface area contributed by atoms with E-state index in [1.54, 1.807) is 6.92 Å². The Bertz CT molecular complexity index is 467. The van der Waals surface area contributed by atoms with Crippen LogP contribution in [0.3, 0.4) is 0 Å². The maximum Gasteiger partial charge on any atom is 0.309 e. The van der Waals surface area contributed by atoms with Crippen LogP contribution in [0, 0.1) is 5.92 Å². The summed E-state index contributed by atoms with van der Waals surface area (Å²) in [6, 6.07) is 1.47. The van der Waals surface area contributed by atoms with Crippen molar-refractivity contribution in [1.29, 1.82) is 0 Å². The van der Waals surface area contributed by atoms with Crippen molar-refractivity contribution in [3.05, 3.63) is 18.5 Å². The zero-order valence-corrected chi connectivity index (χ0v) is 10.8. The van der Waals surface area contributed by atoms with Crippen LogP contribution in [0.1, 0.15) is 6.92 Å². The molecule has 1 atom stereocenters. The molecule has 0 aliphatic carbocycles. The number of hydrogen-bond donors (Lipinski definition) is 1. The van der Waals surface area contributed by atoms with Gasteiger partial charge in [-0.15, -0.1) is 0 Å². The fraction of sp³-hybridized carbons (Fsp3) is 0.500. The van der Waals surface area contributed by atoms with Crippen molar-refractivity contribution in [1.82, 2.24) is 9.29 Å². The predicted octanol–water partition coefficient (Wildman–Crippen LogP) is 0.444. The number of esters is 1. The van der Waals surface area contributed by atoms with E-state index in [0.29, 0.717) is 0 Å². The van der Waals surface area contributed by atoms with E-state index >= 15 is 0 Å². The minimum atomic E-state index is -3.54. The molecule has 1 N–H and O–H groups in total. The Morgan fingerprint density at radius 2 is 2.24 bits per heavy atom. The average molecular weight is 260 g/mol. The van der Waals surface area contributed by atoms with E-state index in [1.165, 1.54) is 32.6 Å². The molecule has 7 heteroatoms. The average Bonchev–Trinajstić information content (AvgIpc) is 2.81. The van der Waals surface area contributed by atoms with E-state index in [0.717, 1.165) is 4.31 Å². The minimum absolute atomic E-state index is 0.0835. The third kappa shape index (κ3) is 3.07. The summed E-state index contributed by atoms with van der Waals surface area (Å²) >= 11 is 0. The Hall–Kier alpha value is -1.34. The summed E-state index contributed by atoms with van der Waals surface area (Å²) in [6.45, 7) is 1.70. The van der Waals surface area contributed by atoms with Gasteiger partial charge in [-0.3, -0.25) is 4.79 Å². The first kappa shape index (κ1) is 13.7. The molecule has 0 aromatic carbocycles. The molecule has 0 aliphatic rings. The number of aromatic nitrogens is 1. The SMILES string of the molecule is COC(=O)C(C)CN(C)S(=O)(=O)c1cc[nH]c1. The lowest BCUT2D eigenvalue weighted by Gasteiger charge is -2.19. The van der Waals surface area contributed by atoms with Crippen LogP contribution < -0.4 is 0 Å². The molecule has 6 nitrogen and oxygen atoms in total. The van der Waals surface area contributed by atoms with Crippen molar-refractivity contribution in [2.75, 3.05) is 20.7 Å². The number of sulfonamides is 1. The quantitative estimate of drug-likeness (QED) is 0.779. The second kappa shape index (κ2) is 5.33. The first-order valence-electron chi connectivity index (χ1n) is 5.06. The molecule has 0 saturated heterocycles. The van der Waals surface area contributed by atoms with Crippen molar-refractivity contribution in [3.8, 4) is 0 Å². The summed E-state index contributed by atoms with van der Waals surface area (Å²) in [4.78, 5) is 14.1. The molecule has 1 aromatic rings. The maximum atomic E-state index is 12.0. The summed E-state index contributed by atoms with van der Waals surface area (Å²) in [5, 5.41) is 0. The van der Waals surface area contributed by atoms with Crippen molar-refractivity contribution in [2.24, 2.45) is 5.92 Å². The molecule has 1 aromatic heterocycles. The number of methoxy groups -OCH3 is 1. The number of ether oxygens (including phenoxy) is 1. The number of carbonyl (C=O) groups excluding carboxylic acids is 1. The van der Waals surface area contributed by atoms with Crippen LogP contribution in [-0.2, 0) is 19.6 Å². The molecule has 0 amide bonds. The highest BCUT2D eigenvalue weighted by atomic mass is 32.2. The van der Waals surface area contributed by atoms with E-state index in [9.17, 15) is 13.2 Å². The highest BCUT2D eigenvalue weighted by Crippen LogP contribution is 2.14. The molecule has 0 fully saturated rings. The van der Waals surface area contributed by atoms with E-state index in [-0.39, 0.29) is 11.4 Å². The van der Waals surface area contributed by atoms with Gasteiger partial charge < -0.3 is 9.72 Å². The number of hydrogen-bond acceptors (Lipinski definition) is 4. The van der Waals surface area contributed by atoms with Crippen LogP contribution in [0.4, 0.5) is 0 Å². The molecular formula is C10H16N2O4S. The zero-order valence-electron chi connectivity index (χ0n) is 10.0. The van der Waals surface area contributed by atoms with Gasteiger partial charge in [0, 0.05) is 26.0 Å². The van der Waals surface area contributed by atoms with Gasteiger partial charge in [-0.25, -0.2) is 12.7 Å². The molecule has 1 unspecified atom stereocenters. The topological polar surface area (TPSA) is 79.5 Å². The second-order valence-corrected chi connectivity index (χ2v) is 5.80. The first-order valence-corrected chi connectivity index (χ1v) is 6.50. The van der Waals surface area contributed by atoms with Crippen molar-refractivity contribution < 1.29 is 17.9 Å². The highest BCUT2D eigenvalue weighted by Gasteiger charge is 2.25. The third-order valence-corrected chi connectivity index (χ3v) is 4.23. The molecule has 17 heavy (non-hydrogen) atoms. The van der Waals surface area contributed by atoms with Gasteiger partial charge in [-0.05, 0) is 6.07 Å². The van der Waals surface area contributed by atoms with Crippen LogP contribution >= 0.6 is 0 Å². The van der Waals surface area contributed by atoms with Gasteiger partial charge in [-0.2, -0.15) is 0 Å². The molecule has 0 radical (unpaired) electrons. The van der Waals surface area contributed by atoms with Crippen LogP contribution in [-0.4, -0.2) is 44.4 Å². The highest BCUT2D eigenvalue weighted by molar-refractivity contribution is 7.89. The number of rotatable bonds is 5. The van der Waals surface area contributed by atoms with Gasteiger partial charge in [0.2, 0.25) is 10.0 Å². The van der Waals surface area contributed by atoms with Gasteiger partial charge >= 0.3 is 5.97 Å². The number of H-pyrrole nitrogens is 1. The lowest BCUT2D eigenvalue weighted by molar-refractivity contribution is -0.144. The summed E-state index contributed by atoms with van der Waals surface area (Å²) < 4.78 is 29.7. The largest absolute Gasteiger partial charge is 0.469 e. The molecule has 0 bridgehead atoms. The number of aromatic amines is 1. The van der Waals surface area contributed by atoms with E-state index in [4.69, 9.17) is 0 Å². The second-order valence-electron chi connectivity index (χ2n) is 3.76. The standard InChI is InChI=1S/C10H16N2O4S/c1-8(10(13)16-3)7-12(2)17(14,15)9-4-5-11-6-9/h4-6,8,11H,7H2,1-3H3. The van der Waals surface area contributed by atoms with Gasteiger partial charge in [0.25, 0.3) is 0 Å². The van der Waals surface area contributed by atoms with Crippen LogP contribution in [0.25, 0.3) is 0 Å². The molecule has 0 spiro atoms. The summed E-state index contributed by atoms with van der Waals surface area (Å²) in [5.74, 6) is -0.931. The van der Waals surface area contributed by atoms with Gasteiger partial charge in [-0.1, -0.05) is 6.92 Å². The van der Waals surface area contributed by atoms with Crippen LogP contribution in [0.15, 0.2) is 23.4 Å². The van der Waals surface area contributed by atoms with E-state index in [2.05, 4.69) is 9.72 Å². The zero-order chi connectivity index (χ0) is 13.1. The molecule has 0 aliphatic heterocycles. The Morgan fingerprint density at radius 1 is 1.59 bits per heavy atom. The monoisotopic (exact) mass is 260 g/mol. The van der Waals surface area contributed by atoms with Gasteiger partial charge in [0.1, 0.15) is 0 Å². The summed E-state index contributed by atoms with van der Waals surface area (Å²) in [7, 11) is -0.829. The fourth-order valence-electron chi connectivity index (χ4n) is 1.41. The number of carbonyl (C=O) groups is 1. The summed E-state index contributed by atoms with van der Waals surface area (Å²) in [5.41, 5.74) is 0. The Kier molecular flexibility index (Phi) is 4.30. The molecule has 96 valence electrons. The Morgan fingerprint density at radius 3 is 2.71 bits per heavy atom. The van der Waals surface area contributed by atoms with Gasteiger partial charge in [0.15, 0.2) is 0 Å². The third-order valence-electron chi connectivity index (χ3n) is 2.41. The minimum Gasteiger partial charge on any atom is -0.469 e. The molecule has 1 rings (SSSR count). The summed E-state index contributed by atoms with van der Waals surface area (Å²) in [6.07, 6.45) is 2.93. The molecule has 0 saturated carbocycles. The van der Waals surface area contributed by atoms with Crippen molar-refractivity contribution >= 4 is 16.0 Å². The van der Waals surface area contributed by atoms with Crippen molar-refractivity contribution in [2.45, 2.75) is 11.8 Å².